The van der Waals surface area contributed by atoms with E-state index < -0.39 is 0 Å². The quantitative estimate of drug-likeness (QED) is 0.491. The van der Waals surface area contributed by atoms with Gasteiger partial charge < -0.3 is 4.74 Å². The number of ether oxygens (including phenoxy) is 1. The molecule has 0 radical (unpaired) electrons. The molecule has 0 fully saturated rings. The number of amides is 2. The molecule has 3 aromatic rings. The number of pyridine rings is 1. The molecule has 1 aliphatic heterocycles. The van der Waals surface area contributed by atoms with Crippen molar-refractivity contribution < 1.29 is 19.1 Å². The van der Waals surface area contributed by atoms with Gasteiger partial charge in [0.05, 0.1) is 23.2 Å². The topological polar surface area (TPSA) is 76.6 Å². The molecule has 2 aromatic carbocycles. The Labute approximate surface area is 161 Å². The monoisotopic (exact) mass is 372 g/mol. The lowest BCUT2D eigenvalue weighted by atomic mass is 10.0. The fourth-order valence-corrected chi connectivity index (χ4v) is 3.11. The van der Waals surface area contributed by atoms with Gasteiger partial charge in [0.1, 0.15) is 12.4 Å². The molecular weight excluding hydrogens is 356 g/mol. The van der Waals surface area contributed by atoms with E-state index in [0.717, 1.165) is 4.90 Å². The van der Waals surface area contributed by atoms with Crippen LogP contribution in [0.5, 0.6) is 5.75 Å². The molecular formula is C22H16N2O4. The predicted molar refractivity (Wildman–Crippen MR) is 101 cm³/mol. The third kappa shape index (κ3) is 3.16. The van der Waals surface area contributed by atoms with Gasteiger partial charge in [-0.1, -0.05) is 42.5 Å². The first-order valence-electron chi connectivity index (χ1n) is 8.78. The molecule has 6 heteroatoms. The zero-order valence-corrected chi connectivity index (χ0v) is 14.9. The molecule has 0 bridgehead atoms. The third-order valence-corrected chi connectivity index (χ3v) is 4.51. The molecule has 2 heterocycles. The van der Waals surface area contributed by atoms with E-state index in [4.69, 9.17) is 4.74 Å². The number of aromatic nitrogens is 1. The number of imide groups is 1. The third-order valence-electron chi connectivity index (χ3n) is 4.51. The zero-order chi connectivity index (χ0) is 19.5. The number of hydrogen-bond donors (Lipinski definition) is 0. The Bertz CT molecular complexity index is 1030. The van der Waals surface area contributed by atoms with Crippen LogP contribution in [0.1, 0.15) is 36.6 Å². The van der Waals surface area contributed by atoms with Crippen LogP contribution < -0.4 is 4.74 Å². The highest BCUT2D eigenvalue weighted by atomic mass is 16.5. The fraction of sp³-hybridized carbons (Fsp3) is 0.0909. The van der Waals surface area contributed by atoms with Crippen molar-refractivity contribution in [1.82, 2.24) is 9.88 Å². The molecule has 0 aliphatic carbocycles. The summed E-state index contributed by atoms with van der Waals surface area (Å²) in [6.07, 6.45) is 2.98. The van der Waals surface area contributed by atoms with Crippen LogP contribution in [0.25, 0.3) is 0 Å². The SMILES string of the molecule is O=C(c1ccccc1)c1cnccc1OCCN1C(=O)c2ccccc2C1=O. The van der Waals surface area contributed by atoms with Gasteiger partial charge in [0.2, 0.25) is 0 Å². The lowest BCUT2D eigenvalue weighted by Gasteiger charge is -2.15. The number of ketones is 1. The van der Waals surface area contributed by atoms with Crippen molar-refractivity contribution in [2.75, 3.05) is 13.2 Å². The van der Waals surface area contributed by atoms with E-state index in [1.54, 1.807) is 54.6 Å². The lowest BCUT2D eigenvalue weighted by Crippen LogP contribution is -2.33. The van der Waals surface area contributed by atoms with Gasteiger partial charge in [0.25, 0.3) is 11.8 Å². The molecule has 2 amide bonds. The average molecular weight is 372 g/mol. The number of hydrogen-bond acceptors (Lipinski definition) is 5. The van der Waals surface area contributed by atoms with Crippen molar-refractivity contribution in [3.63, 3.8) is 0 Å². The van der Waals surface area contributed by atoms with Crippen LogP contribution in [0.3, 0.4) is 0 Å². The number of benzene rings is 2. The summed E-state index contributed by atoms with van der Waals surface area (Å²) in [5.74, 6) is -0.510. The largest absolute Gasteiger partial charge is 0.491 e. The van der Waals surface area contributed by atoms with Gasteiger partial charge in [-0.25, -0.2) is 0 Å². The van der Waals surface area contributed by atoms with E-state index in [1.807, 2.05) is 6.07 Å². The molecule has 1 aliphatic rings. The Balaban J connectivity index is 1.46. The first kappa shape index (κ1) is 17.6. The molecule has 0 N–H and O–H groups in total. The minimum atomic E-state index is -0.334. The van der Waals surface area contributed by atoms with Gasteiger partial charge in [-0.2, -0.15) is 0 Å². The van der Waals surface area contributed by atoms with Gasteiger partial charge in [-0.15, -0.1) is 0 Å². The highest BCUT2D eigenvalue weighted by Crippen LogP contribution is 2.23. The second kappa shape index (κ2) is 7.44. The zero-order valence-electron chi connectivity index (χ0n) is 14.9. The molecule has 6 nitrogen and oxygen atoms in total. The average Bonchev–Trinajstić information content (AvgIpc) is 2.99. The van der Waals surface area contributed by atoms with Gasteiger partial charge >= 0.3 is 0 Å². The Morgan fingerprint density at radius 1 is 0.893 bits per heavy atom. The summed E-state index contributed by atoms with van der Waals surface area (Å²) < 4.78 is 5.73. The van der Waals surface area contributed by atoms with Crippen molar-refractivity contribution in [2.24, 2.45) is 0 Å². The van der Waals surface area contributed by atoms with Crippen LogP contribution in [-0.2, 0) is 0 Å². The number of fused-ring (bicyclic) bond motifs is 1. The van der Waals surface area contributed by atoms with Gasteiger partial charge in [-0.05, 0) is 18.2 Å². The summed E-state index contributed by atoms with van der Waals surface area (Å²) in [5, 5.41) is 0. The van der Waals surface area contributed by atoms with Crippen molar-refractivity contribution in [3.05, 3.63) is 95.3 Å². The Morgan fingerprint density at radius 3 is 2.21 bits per heavy atom. The van der Waals surface area contributed by atoms with E-state index in [1.165, 1.54) is 12.4 Å². The van der Waals surface area contributed by atoms with Gasteiger partial charge in [0, 0.05) is 18.0 Å². The second-order valence-electron chi connectivity index (χ2n) is 6.22. The Morgan fingerprint density at radius 2 is 1.54 bits per heavy atom. The number of nitrogens with zero attached hydrogens (tertiary/aromatic N) is 2. The highest BCUT2D eigenvalue weighted by Gasteiger charge is 2.34. The van der Waals surface area contributed by atoms with Crippen LogP contribution >= 0.6 is 0 Å². The summed E-state index contributed by atoms with van der Waals surface area (Å²) in [4.78, 5) is 42.7. The summed E-state index contributed by atoms with van der Waals surface area (Å²) in [6, 6.07) is 17.2. The Kier molecular flexibility index (Phi) is 4.68. The molecule has 1 aromatic heterocycles. The summed E-state index contributed by atoms with van der Waals surface area (Å²) in [7, 11) is 0. The molecule has 0 saturated heterocycles. The molecule has 4 rings (SSSR count). The number of carbonyl (C=O) groups is 3. The van der Waals surface area contributed by atoms with Crippen molar-refractivity contribution in [1.29, 1.82) is 0 Å². The van der Waals surface area contributed by atoms with Crippen molar-refractivity contribution in [2.45, 2.75) is 0 Å². The first-order valence-corrected chi connectivity index (χ1v) is 8.78. The fourth-order valence-electron chi connectivity index (χ4n) is 3.11. The normalized spacial score (nSPS) is 12.8. The van der Waals surface area contributed by atoms with Crippen LogP contribution in [-0.4, -0.2) is 40.6 Å². The maximum Gasteiger partial charge on any atom is 0.261 e. The lowest BCUT2D eigenvalue weighted by molar-refractivity contribution is 0.0630. The molecule has 0 atom stereocenters. The molecule has 28 heavy (non-hydrogen) atoms. The van der Waals surface area contributed by atoms with Crippen LogP contribution in [0.15, 0.2) is 73.1 Å². The highest BCUT2D eigenvalue weighted by molar-refractivity contribution is 6.21. The maximum absolute atomic E-state index is 12.7. The van der Waals surface area contributed by atoms with Crippen molar-refractivity contribution in [3.8, 4) is 5.75 Å². The number of rotatable bonds is 6. The van der Waals surface area contributed by atoms with Crippen molar-refractivity contribution >= 4 is 17.6 Å². The molecule has 0 saturated carbocycles. The molecule has 138 valence electrons. The summed E-state index contributed by atoms with van der Waals surface area (Å²) in [6.45, 7) is 0.165. The van der Waals surface area contributed by atoms with E-state index in [-0.39, 0.29) is 30.7 Å². The standard InChI is InChI=1S/C22H16N2O4/c25-20(15-6-2-1-3-7-15)18-14-23-11-10-19(18)28-13-12-24-21(26)16-8-4-5-9-17(16)22(24)27/h1-11,14H,12-13H2. The van der Waals surface area contributed by atoms with E-state index in [9.17, 15) is 14.4 Å². The van der Waals surface area contributed by atoms with Crippen LogP contribution in [0, 0.1) is 0 Å². The molecule has 0 spiro atoms. The molecule has 0 unspecified atom stereocenters. The second-order valence-corrected chi connectivity index (χ2v) is 6.22. The first-order chi connectivity index (χ1) is 13.7. The van der Waals surface area contributed by atoms with Crippen LogP contribution in [0.4, 0.5) is 0 Å². The predicted octanol–water partition coefficient (Wildman–Crippen LogP) is 2.99. The summed E-state index contributed by atoms with van der Waals surface area (Å²) in [5.41, 5.74) is 1.66. The van der Waals surface area contributed by atoms with Gasteiger partial charge in [-0.3, -0.25) is 24.3 Å². The van der Waals surface area contributed by atoms with E-state index >= 15 is 0 Å². The van der Waals surface area contributed by atoms with Gasteiger partial charge in [0.15, 0.2) is 5.78 Å². The van der Waals surface area contributed by atoms with Crippen LogP contribution in [0.2, 0.25) is 0 Å². The smallest absolute Gasteiger partial charge is 0.261 e. The summed E-state index contributed by atoms with van der Waals surface area (Å²) >= 11 is 0. The maximum atomic E-state index is 12.7. The minimum Gasteiger partial charge on any atom is -0.491 e. The minimum absolute atomic E-state index is 0.0740. The number of carbonyl (C=O) groups excluding carboxylic acids is 3. The Hall–Kier alpha value is -3.80. The van der Waals surface area contributed by atoms with E-state index in [2.05, 4.69) is 4.98 Å². The van der Waals surface area contributed by atoms with E-state index in [0.29, 0.717) is 28.0 Å².